The Kier molecular flexibility index (Phi) is 13.1. The van der Waals surface area contributed by atoms with Crippen molar-refractivity contribution in [2.75, 3.05) is 0 Å². The Morgan fingerprint density at radius 1 is 0.300 bits per heavy atom. The Morgan fingerprint density at radius 3 is 0.640 bits per heavy atom. The van der Waals surface area contributed by atoms with E-state index in [9.17, 15) is 106 Å². The lowest BCUT2D eigenvalue weighted by atomic mass is 9.94. The second kappa shape index (κ2) is 13.2. The molecule has 0 heterocycles. The predicted octanol–water partition coefficient (Wildman–Crippen LogP) is 10.9. The standard InChI is InChI=1S/C16Cl8F22O4/c17-5(29,9(21,33)15(23,43)44)7(19,31)13(39,40)11(35,36)3(25,26)1(47)49-50-2(48)4(27,28)12(37,38)14(41,42)8(20,32)6(18,30)10(22,34)16(24,45)46. The smallest absolute Gasteiger partial charge is 0.240 e. The molecule has 0 bridgehead atoms. The molecule has 0 aliphatic heterocycles. The van der Waals surface area contributed by atoms with Crippen molar-refractivity contribution in [1.82, 2.24) is 0 Å². The lowest BCUT2D eigenvalue weighted by Gasteiger charge is -2.44. The molecule has 0 rings (SSSR count). The number of hydrogen-bond acceptors (Lipinski definition) is 4. The summed E-state index contributed by atoms with van der Waals surface area (Å²) in [6.45, 7) is 0. The fourth-order valence-corrected chi connectivity index (χ4v) is 4.06. The third-order valence-electron chi connectivity index (χ3n) is 5.36. The van der Waals surface area contributed by atoms with Gasteiger partial charge in [-0.05, 0) is 23.2 Å². The van der Waals surface area contributed by atoms with E-state index < -0.39 is 89.0 Å². The monoisotopic (exact) mass is 954 g/mol. The molecular weight excluding hydrogens is 958 g/mol. The molecule has 0 aromatic rings. The van der Waals surface area contributed by atoms with Crippen LogP contribution in [0.4, 0.5) is 96.6 Å². The molecule has 0 N–H and O–H groups in total. The maximum atomic E-state index is 14.3. The molecule has 0 aromatic carbocycles. The molecule has 0 aliphatic rings. The third kappa shape index (κ3) is 6.70. The van der Waals surface area contributed by atoms with Crippen LogP contribution in [0.5, 0.6) is 0 Å². The van der Waals surface area contributed by atoms with Crippen LogP contribution in [-0.2, 0) is 19.4 Å². The topological polar surface area (TPSA) is 52.6 Å². The highest BCUT2D eigenvalue weighted by Gasteiger charge is 2.92. The summed E-state index contributed by atoms with van der Waals surface area (Å²) in [6, 6.07) is 0. The van der Waals surface area contributed by atoms with Crippen LogP contribution in [0.25, 0.3) is 0 Å². The van der Waals surface area contributed by atoms with Gasteiger partial charge in [0.2, 0.25) is 0 Å². The molecule has 34 heteroatoms. The summed E-state index contributed by atoms with van der Waals surface area (Å²) in [7, 11) is 0. The van der Waals surface area contributed by atoms with Crippen LogP contribution < -0.4 is 0 Å². The zero-order chi connectivity index (χ0) is 41.6. The lowest BCUT2D eigenvalue weighted by Crippen LogP contribution is -2.72. The molecule has 0 saturated heterocycles. The van der Waals surface area contributed by atoms with Gasteiger partial charge in [0.15, 0.2) is 0 Å². The molecule has 0 radical (unpaired) electrons. The fraction of sp³-hybridized carbons (Fsp3) is 0.875. The summed E-state index contributed by atoms with van der Waals surface area (Å²) in [5.74, 6) is -58.4. The lowest BCUT2D eigenvalue weighted by molar-refractivity contribution is -0.363. The van der Waals surface area contributed by atoms with Gasteiger partial charge in [0.1, 0.15) is 0 Å². The first kappa shape index (κ1) is 49.7. The summed E-state index contributed by atoms with van der Waals surface area (Å²) >= 11 is 31.5. The Bertz CT molecular complexity index is 1210. The summed E-state index contributed by atoms with van der Waals surface area (Å²) < 4.78 is 305. The van der Waals surface area contributed by atoms with Crippen LogP contribution in [0.3, 0.4) is 0 Å². The quantitative estimate of drug-likeness (QED) is 0.0753. The van der Waals surface area contributed by atoms with Crippen LogP contribution in [0.2, 0.25) is 0 Å². The van der Waals surface area contributed by atoms with E-state index in [2.05, 4.69) is 92.8 Å². The molecule has 0 fully saturated rings. The van der Waals surface area contributed by atoms with Crippen molar-refractivity contribution in [3.63, 3.8) is 0 Å². The largest absolute Gasteiger partial charge is 0.431 e. The number of carbonyl (C=O) groups excluding carboxylic acids is 2. The average Bonchev–Trinajstić information content (AvgIpc) is 2.88. The van der Waals surface area contributed by atoms with E-state index in [4.69, 9.17) is 0 Å². The Labute approximate surface area is 297 Å². The highest BCUT2D eigenvalue weighted by Crippen LogP contribution is 2.67. The van der Waals surface area contributed by atoms with Gasteiger partial charge in [-0.25, -0.2) is 45.7 Å². The second-order valence-electron chi connectivity index (χ2n) is 8.63. The molecule has 6 atom stereocenters. The van der Waals surface area contributed by atoms with Gasteiger partial charge in [0, 0.05) is 0 Å². The SMILES string of the molecule is O=C(OOC(=O)C(F)(F)C(F)(F)C(F)(F)C(F)(Cl)C(F)(Cl)C(F)(Cl)C(F)(F)Cl)C(F)(F)C(F)(F)C(F)(F)C(F)(Cl)C(F)(Cl)C(F)(Cl)C(F)(F)Cl. The molecular formula is C16Cl8F22O4. The maximum absolute atomic E-state index is 14.3. The van der Waals surface area contributed by atoms with Crippen LogP contribution in [0.1, 0.15) is 0 Å². The van der Waals surface area contributed by atoms with E-state index in [1.165, 1.54) is 0 Å². The first-order valence-electron chi connectivity index (χ1n) is 10.2. The Hall–Kier alpha value is -0.280. The normalized spacial score (nSPS) is 22.1. The summed E-state index contributed by atoms with van der Waals surface area (Å²) in [5, 5.41) is -53.6. The van der Waals surface area contributed by atoms with E-state index in [-0.39, 0.29) is 0 Å². The third-order valence-corrected chi connectivity index (χ3v) is 9.50. The van der Waals surface area contributed by atoms with Crippen molar-refractivity contribution >= 4 is 105 Å². The van der Waals surface area contributed by atoms with Gasteiger partial charge in [0.05, 0.1) is 0 Å². The van der Waals surface area contributed by atoms with Gasteiger partial charge in [-0.2, -0.15) is 70.2 Å². The molecule has 298 valence electrons. The van der Waals surface area contributed by atoms with E-state index in [0.29, 0.717) is 0 Å². The zero-order valence-electron chi connectivity index (χ0n) is 21.0. The molecule has 0 spiro atoms. The maximum Gasteiger partial charge on any atom is 0.431 e. The van der Waals surface area contributed by atoms with Gasteiger partial charge in [-0.1, -0.05) is 69.6 Å². The van der Waals surface area contributed by atoms with Crippen LogP contribution in [0.15, 0.2) is 0 Å². The van der Waals surface area contributed by atoms with Crippen LogP contribution >= 0.6 is 92.8 Å². The van der Waals surface area contributed by atoms with Crippen LogP contribution in [0, 0.1) is 0 Å². The minimum Gasteiger partial charge on any atom is -0.240 e. The highest BCUT2D eigenvalue weighted by molar-refractivity contribution is 6.43. The van der Waals surface area contributed by atoms with E-state index in [0.717, 1.165) is 0 Å². The Morgan fingerprint density at radius 2 is 0.480 bits per heavy atom. The van der Waals surface area contributed by atoms with Gasteiger partial charge < -0.3 is 0 Å². The van der Waals surface area contributed by atoms with Crippen molar-refractivity contribution in [3.8, 4) is 0 Å². The first-order valence-corrected chi connectivity index (χ1v) is 13.2. The second-order valence-corrected chi connectivity index (χ2v) is 12.7. The fourth-order valence-electron chi connectivity index (χ4n) is 2.37. The number of hydrogen-bond donors (Lipinski definition) is 0. The molecule has 0 aliphatic carbocycles. The van der Waals surface area contributed by atoms with Crippen LogP contribution in [-0.4, -0.2) is 89.0 Å². The summed E-state index contributed by atoms with van der Waals surface area (Å²) in [4.78, 5) is 26.5. The van der Waals surface area contributed by atoms with E-state index >= 15 is 0 Å². The van der Waals surface area contributed by atoms with Crippen molar-refractivity contribution in [3.05, 3.63) is 0 Å². The van der Waals surface area contributed by atoms with Gasteiger partial charge in [-0.3, -0.25) is 0 Å². The first-order chi connectivity index (χ1) is 21.0. The number of halogens is 30. The highest BCUT2D eigenvalue weighted by atomic mass is 35.5. The molecule has 0 aromatic heterocycles. The zero-order valence-corrected chi connectivity index (χ0v) is 27.0. The minimum absolute atomic E-state index is 2.05. The van der Waals surface area contributed by atoms with E-state index in [1.807, 2.05) is 9.78 Å². The number of alkyl halides is 30. The van der Waals surface area contributed by atoms with Gasteiger partial charge in [-0.15, -0.1) is 0 Å². The van der Waals surface area contributed by atoms with Crippen molar-refractivity contribution in [1.29, 1.82) is 0 Å². The molecule has 0 saturated carbocycles. The molecule has 6 unspecified atom stereocenters. The van der Waals surface area contributed by atoms with E-state index in [1.54, 1.807) is 0 Å². The van der Waals surface area contributed by atoms with Crippen molar-refractivity contribution in [2.45, 2.75) is 77.1 Å². The molecule has 0 amide bonds. The average molecular weight is 958 g/mol. The molecule has 4 nitrogen and oxygen atoms in total. The summed E-state index contributed by atoms with van der Waals surface area (Å²) in [5.41, 5.74) is 0. The number of rotatable bonds is 14. The molecule has 50 heavy (non-hydrogen) atoms. The minimum atomic E-state index is -8.28. The summed E-state index contributed by atoms with van der Waals surface area (Å²) in [6.07, 6.45) is 0. The Balaban J connectivity index is 6.71. The van der Waals surface area contributed by atoms with Gasteiger partial charge >= 0.3 is 78.7 Å². The van der Waals surface area contributed by atoms with Crippen molar-refractivity contribution in [2.24, 2.45) is 0 Å². The van der Waals surface area contributed by atoms with Crippen molar-refractivity contribution < 1.29 is 116 Å². The number of carbonyl (C=O) groups is 2. The van der Waals surface area contributed by atoms with Gasteiger partial charge in [0.25, 0.3) is 10.3 Å². The predicted molar refractivity (Wildman–Crippen MR) is 122 cm³/mol.